The Morgan fingerprint density at radius 3 is 2.80 bits per heavy atom. The molecule has 3 N–H and O–H groups in total. The van der Waals surface area contributed by atoms with Gasteiger partial charge in [-0.3, -0.25) is 4.79 Å². The summed E-state index contributed by atoms with van der Waals surface area (Å²) in [5.41, 5.74) is 6.97. The lowest BCUT2D eigenvalue weighted by Gasteiger charge is -2.23. The Balaban J connectivity index is 2.03. The van der Waals surface area contributed by atoms with Crippen molar-refractivity contribution in [1.29, 1.82) is 0 Å². The molecule has 0 fully saturated rings. The van der Waals surface area contributed by atoms with Gasteiger partial charge in [-0.05, 0) is 36.5 Å². The Labute approximate surface area is 121 Å². The number of hydrogen-bond donors (Lipinski definition) is 2. The first-order valence-corrected chi connectivity index (χ1v) is 7.07. The predicted molar refractivity (Wildman–Crippen MR) is 79.5 cm³/mol. The number of nitrogens with two attached hydrogens (primary N) is 1. The van der Waals surface area contributed by atoms with Crippen LogP contribution in [0.3, 0.4) is 0 Å². The fourth-order valence-corrected chi connectivity index (χ4v) is 2.57. The highest BCUT2D eigenvalue weighted by atomic mass is 32.1. The molecule has 2 aromatic rings. The average Bonchev–Trinajstić information content (AvgIpc) is 2.92. The van der Waals surface area contributed by atoms with E-state index in [1.54, 1.807) is 11.3 Å². The van der Waals surface area contributed by atoms with E-state index in [1.807, 2.05) is 19.5 Å². The SMILES string of the molecule is CN(C)C(CNC(=O)c1nccnc1N)c1ccsc1. The van der Waals surface area contributed by atoms with E-state index in [9.17, 15) is 4.79 Å². The molecular formula is C13H17N5OS. The molecule has 1 amide bonds. The van der Waals surface area contributed by atoms with Gasteiger partial charge in [-0.1, -0.05) is 0 Å². The Morgan fingerprint density at radius 2 is 2.20 bits per heavy atom. The minimum Gasteiger partial charge on any atom is -0.382 e. The second kappa shape index (κ2) is 6.44. The first kappa shape index (κ1) is 14.4. The lowest BCUT2D eigenvalue weighted by atomic mass is 10.1. The lowest BCUT2D eigenvalue weighted by Crippen LogP contribution is -2.35. The zero-order chi connectivity index (χ0) is 14.5. The Bertz CT molecular complexity index is 570. The number of nitrogen functional groups attached to an aromatic ring is 1. The van der Waals surface area contributed by atoms with Crippen molar-refractivity contribution in [2.45, 2.75) is 6.04 Å². The zero-order valence-corrected chi connectivity index (χ0v) is 12.2. The molecule has 0 bridgehead atoms. The second-order valence-electron chi connectivity index (χ2n) is 4.54. The standard InChI is InChI=1S/C13H17N5OS/c1-18(2)10(9-3-6-20-8-9)7-17-13(19)11-12(14)16-5-4-15-11/h3-6,8,10H,7H2,1-2H3,(H2,14,16)(H,17,19). The van der Waals surface area contributed by atoms with Gasteiger partial charge in [0.25, 0.3) is 5.91 Å². The summed E-state index contributed by atoms with van der Waals surface area (Å²) in [7, 11) is 3.95. The molecule has 0 spiro atoms. The molecule has 6 nitrogen and oxygen atoms in total. The molecule has 2 rings (SSSR count). The third-order valence-corrected chi connectivity index (χ3v) is 3.65. The van der Waals surface area contributed by atoms with Crippen LogP contribution in [-0.4, -0.2) is 41.4 Å². The van der Waals surface area contributed by atoms with Crippen LogP contribution in [-0.2, 0) is 0 Å². The van der Waals surface area contributed by atoms with E-state index in [1.165, 1.54) is 18.0 Å². The summed E-state index contributed by atoms with van der Waals surface area (Å²) in [5, 5.41) is 6.95. The zero-order valence-electron chi connectivity index (χ0n) is 11.4. The quantitative estimate of drug-likeness (QED) is 0.863. The van der Waals surface area contributed by atoms with Gasteiger partial charge in [-0.25, -0.2) is 9.97 Å². The minimum atomic E-state index is -0.308. The fourth-order valence-electron chi connectivity index (χ4n) is 1.86. The number of carbonyl (C=O) groups excluding carboxylic acids is 1. The van der Waals surface area contributed by atoms with E-state index >= 15 is 0 Å². The molecule has 20 heavy (non-hydrogen) atoms. The number of thiophene rings is 1. The number of amides is 1. The topological polar surface area (TPSA) is 84.1 Å². The van der Waals surface area contributed by atoms with Crippen LogP contribution in [0, 0.1) is 0 Å². The molecule has 1 atom stereocenters. The van der Waals surface area contributed by atoms with Crippen molar-refractivity contribution in [3.05, 3.63) is 40.5 Å². The van der Waals surface area contributed by atoms with E-state index in [0.717, 1.165) is 0 Å². The summed E-state index contributed by atoms with van der Waals surface area (Å²) in [5.74, 6) is -0.167. The van der Waals surface area contributed by atoms with Crippen LogP contribution in [0.25, 0.3) is 0 Å². The van der Waals surface area contributed by atoms with Crippen LogP contribution in [0.5, 0.6) is 0 Å². The van der Waals surface area contributed by atoms with Crippen molar-refractivity contribution in [2.75, 3.05) is 26.4 Å². The molecule has 0 aliphatic heterocycles. The molecule has 0 saturated heterocycles. The molecule has 0 aromatic carbocycles. The van der Waals surface area contributed by atoms with Crippen molar-refractivity contribution < 1.29 is 4.79 Å². The molecule has 0 aliphatic rings. The van der Waals surface area contributed by atoms with Crippen LogP contribution >= 0.6 is 11.3 Å². The van der Waals surface area contributed by atoms with E-state index in [-0.39, 0.29) is 23.5 Å². The number of carbonyl (C=O) groups is 1. The van der Waals surface area contributed by atoms with Crippen LogP contribution in [0.1, 0.15) is 22.1 Å². The average molecular weight is 291 g/mol. The largest absolute Gasteiger partial charge is 0.382 e. The summed E-state index contributed by atoms with van der Waals surface area (Å²) < 4.78 is 0. The van der Waals surface area contributed by atoms with Crippen LogP contribution in [0.15, 0.2) is 29.2 Å². The molecule has 0 aliphatic carbocycles. The van der Waals surface area contributed by atoms with E-state index < -0.39 is 0 Å². The van der Waals surface area contributed by atoms with Crippen LogP contribution < -0.4 is 11.1 Å². The van der Waals surface area contributed by atoms with Gasteiger partial charge in [0.1, 0.15) is 0 Å². The van der Waals surface area contributed by atoms with Crippen molar-refractivity contribution >= 4 is 23.1 Å². The molecule has 1 unspecified atom stereocenters. The number of nitrogens with zero attached hydrogens (tertiary/aromatic N) is 3. The Kier molecular flexibility index (Phi) is 4.65. The second-order valence-corrected chi connectivity index (χ2v) is 5.32. The summed E-state index contributed by atoms with van der Waals surface area (Å²) >= 11 is 1.64. The normalized spacial score (nSPS) is 12.3. The van der Waals surface area contributed by atoms with Gasteiger partial charge in [0.2, 0.25) is 0 Å². The summed E-state index contributed by atoms with van der Waals surface area (Å²) in [6.45, 7) is 0.485. The van der Waals surface area contributed by atoms with Gasteiger partial charge < -0.3 is 16.0 Å². The number of likely N-dealkylation sites (N-methyl/N-ethyl adjacent to an activating group) is 1. The highest BCUT2D eigenvalue weighted by Crippen LogP contribution is 2.20. The third kappa shape index (κ3) is 3.31. The lowest BCUT2D eigenvalue weighted by molar-refractivity contribution is 0.0937. The first-order chi connectivity index (χ1) is 9.59. The van der Waals surface area contributed by atoms with E-state index in [0.29, 0.717) is 6.54 Å². The van der Waals surface area contributed by atoms with Gasteiger partial charge in [0, 0.05) is 18.9 Å². The number of rotatable bonds is 5. The monoisotopic (exact) mass is 291 g/mol. The van der Waals surface area contributed by atoms with Gasteiger partial charge in [-0.15, -0.1) is 0 Å². The van der Waals surface area contributed by atoms with Crippen molar-refractivity contribution in [3.63, 3.8) is 0 Å². The molecule has 2 heterocycles. The molecule has 0 saturated carbocycles. The fraction of sp³-hybridized carbons (Fsp3) is 0.308. The van der Waals surface area contributed by atoms with Crippen LogP contribution in [0.4, 0.5) is 5.82 Å². The summed E-state index contributed by atoms with van der Waals surface area (Å²) in [4.78, 5) is 21.9. The van der Waals surface area contributed by atoms with Gasteiger partial charge >= 0.3 is 0 Å². The molecule has 0 radical (unpaired) electrons. The van der Waals surface area contributed by atoms with Crippen molar-refractivity contribution in [3.8, 4) is 0 Å². The van der Waals surface area contributed by atoms with Gasteiger partial charge in [0.15, 0.2) is 11.5 Å². The van der Waals surface area contributed by atoms with Crippen molar-refractivity contribution in [1.82, 2.24) is 20.2 Å². The highest BCUT2D eigenvalue weighted by molar-refractivity contribution is 7.07. The van der Waals surface area contributed by atoms with E-state index in [4.69, 9.17) is 5.73 Å². The van der Waals surface area contributed by atoms with Gasteiger partial charge in [0.05, 0.1) is 6.04 Å². The molecule has 2 aromatic heterocycles. The number of anilines is 1. The maximum atomic E-state index is 12.1. The van der Waals surface area contributed by atoms with Crippen LogP contribution in [0.2, 0.25) is 0 Å². The number of hydrogen-bond acceptors (Lipinski definition) is 6. The molecule has 7 heteroatoms. The number of aromatic nitrogens is 2. The maximum Gasteiger partial charge on any atom is 0.273 e. The third-order valence-electron chi connectivity index (χ3n) is 2.95. The van der Waals surface area contributed by atoms with Gasteiger partial charge in [-0.2, -0.15) is 11.3 Å². The Hall–Kier alpha value is -1.99. The number of nitrogens with one attached hydrogen (secondary N) is 1. The van der Waals surface area contributed by atoms with Crippen molar-refractivity contribution in [2.24, 2.45) is 0 Å². The smallest absolute Gasteiger partial charge is 0.273 e. The Morgan fingerprint density at radius 1 is 1.45 bits per heavy atom. The first-order valence-electron chi connectivity index (χ1n) is 6.12. The minimum absolute atomic E-state index is 0.114. The van der Waals surface area contributed by atoms with E-state index in [2.05, 4.69) is 31.6 Å². The summed E-state index contributed by atoms with van der Waals surface area (Å²) in [6.07, 6.45) is 2.91. The molecule has 106 valence electrons. The molecular weight excluding hydrogens is 274 g/mol. The summed E-state index contributed by atoms with van der Waals surface area (Å²) in [6, 6.07) is 2.17. The highest BCUT2D eigenvalue weighted by Gasteiger charge is 2.18. The maximum absolute atomic E-state index is 12.1. The predicted octanol–water partition coefficient (Wildman–Crippen LogP) is 1.15.